The van der Waals surface area contributed by atoms with Crippen LogP contribution in [0.25, 0.3) is 11.1 Å². The van der Waals surface area contributed by atoms with Crippen molar-refractivity contribution < 1.29 is 19.0 Å². The van der Waals surface area contributed by atoms with Gasteiger partial charge in [0.1, 0.15) is 5.75 Å². The summed E-state index contributed by atoms with van der Waals surface area (Å²) < 4.78 is 19.2. The number of aliphatic carboxylic acids is 1. The van der Waals surface area contributed by atoms with Gasteiger partial charge in [0.2, 0.25) is 0 Å². The zero-order chi connectivity index (χ0) is 20.1. The van der Waals surface area contributed by atoms with Crippen molar-refractivity contribution in [1.82, 2.24) is 9.97 Å². The summed E-state index contributed by atoms with van der Waals surface area (Å²) in [7, 11) is 0. The molecule has 2 aromatic heterocycles. The van der Waals surface area contributed by atoms with Crippen molar-refractivity contribution in [1.29, 1.82) is 0 Å². The van der Waals surface area contributed by atoms with Gasteiger partial charge in [-0.1, -0.05) is 23.7 Å². The van der Waals surface area contributed by atoms with E-state index in [0.717, 1.165) is 17.2 Å². The van der Waals surface area contributed by atoms with Crippen LogP contribution in [0.4, 0.5) is 4.39 Å². The van der Waals surface area contributed by atoms with Gasteiger partial charge in [-0.15, -0.1) is 0 Å². The van der Waals surface area contributed by atoms with E-state index in [2.05, 4.69) is 9.97 Å². The Morgan fingerprint density at radius 3 is 2.61 bits per heavy atom. The fraction of sp³-hybridized carbons (Fsp3) is 0.150. The first-order valence-electron chi connectivity index (χ1n) is 8.42. The minimum atomic E-state index is -0.939. The number of nitrogens with two attached hydrogens (primary N) is 1. The molecule has 0 aliphatic heterocycles. The second kappa shape index (κ2) is 8.77. The summed E-state index contributed by atoms with van der Waals surface area (Å²) in [6.07, 6.45) is 3.20. The molecular weight excluding hydrogens is 385 g/mol. The maximum absolute atomic E-state index is 13.8. The lowest BCUT2D eigenvalue weighted by Crippen LogP contribution is -2.26. The molecule has 2 heterocycles. The number of rotatable bonds is 7. The summed E-state index contributed by atoms with van der Waals surface area (Å²) in [5, 5.41) is 9.00. The summed E-state index contributed by atoms with van der Waals surface area (Å²) in [5.74, 6) is -1.31. The van der Waals surface area contributed by atoms with Gasteiger partial charge in [-0.2, -0.15) is 0 Å². The third-order valence-corrected chi connectivity index (χ3v) is 4.11. The predicted molar refractivity (Wildman–Crippen MR) is 103 cm³/mol. The van der Waals surface area contributed by atoms with Crippen molar-refractivity contribution in [2.45, 2.75) is 18.9 Å². The molecule has 0 bridgehead atoms. The third-order valence-electron chi connectivity index (χ3n) is 3.90. The number of carbonyl (C=O) groups is 1. The smallest absolute Gasteiger partial charge is 0.304 e. The minimum Gasteiger partial charge on any atom is -0.481 e. The number of nitrogens with zero attached hydrogens (tertiary/aromatic N) is 2. The number of aromatic nitrogens is 2. The van der Waals surface area contributed by atoms with Crippen molar-refractivity contribution in [2.75, 3.05) is 0 Å². The van der Waals surface area contributed by atoms with Crippen LogP contribution >= 0.6 is 11.6 Å². The Kier molecular flexibility index (Phi) is 6.18. The van der Waals surface area contributed by atoms with Crippen LogP contribution in [0, 0.1) is 5.82 Å². The second-order valence-corrected chi connectivity index (χ2v) is 6.60. The first-order valence-corrected chi connectivity index (χ1v) is 8.80. The van der Waals surface area contributed by atoms with Crippen LogP contribution in [0.15, 0.2) is 54.9 Å². The van der Waals surface area contributed by atoms with Gasteiger partial charge < -0.3 is 15.6 Å². The molecule has 3 rings (SSSR count). The standard InChI is InChI=1S/C20H17ClFN3O3/c21-14-8-18(22)20(25-11-14)28-17-3-1-12(2-4-17)13-5-6-24-16(7-13)9-15(23)10-19(26)27/h1-8,11,15H,9-10,23H2,(H,26,27)/t15-/m1/s1. The summed E-state index contributed by atoms with van der Waals surface area (Å²) in [4.78, 5) is 18.8. The van der Waals surface area contributed by atoms with Gasteiger partial charge in [-0.05, 0) is 41.5 Å². The summed E-state index contributed by atoms with van der Waals surface area (Å²) in [5.41, 5.74) is 8.33. The van der Waals surface area contributed by atoms with Crippen LogP contribution in [-0.2, 0) is 11.2 Å². The van der Waals surface area contributed by atoms with Crippen LogP contribution in [0.2, 0.25) is 5.02 Å². The van der Waals surface area contributed by atoms with E-state index in [0.29, 0.717) is 17.9 Å². The molecule has 0 aliphatic carbocycles. The van der Waals surface area contributed by atoms with Crippen molar-refractivity contribution >= 4 is 17.6 Å². The fourth-order valence-corrected chi connectivity index (χ4v) is 2.78. The quantitative estimate of drug-likeness (QED) is 0.619. The highest BCUT2D eigenvalue weighted by atomic mass is 35.5. The Bertz CT molecular complexity index is 983. The Balaban J connectivity index is 1.72. The number of halogens is 2. The number of hydrogen-bond donors (Lipinski definition) is 2. The van der Waals surface area contributed by atoms with Gasteiger partial charge in [0, 0.05) is 30.6 Å². The van der Waals surface area contributed by atoms with Gasteiger partial charge in [0.05, 0.1) is 11.4 Å². The first-order chi connectivity index (χ1) is 13.4. The summed E-state index contributed by atoms with van der Waals surface area (Å²) in [6.45, 7) is 0. The molecule has 6 nitrogen and oxygen atoms in total. The van der Waals surface area contributed by atoms with Gasteiger partial charge >= 0.3 is 5.97 Å². The number of benzene rings is 1. The number of pyridine rings is 2. The molecule has 0 amide bonds. The van der Waals surface area contributed by atoms with E-state index in [-0.39, 0.29) is 17.3 Å². The van der Waals surface area contributed by atoms with Crippen LogP contribution in [0.5, 0.6) is 11.6 Å². The van der Waals surface area contributed by atoms with Crippen LogP contribution in [-0.4, -0.2) is 27.1 Å². The molecule has 0 saturated carbocycles. The van der Waals surface area contributed by atoms with Crippen LogP contribution < -0.4 is 10.5 Å². The van der Waals surface area contributed by atoms with Gasteiger partial charge in [-0.3, -0.25) is 9.78 Å². The number of ether oxygens (including phenoxy) is 1. The number of hydrogen-bond acceptors (Lipinski definition) is 5. The van der Waals surface area contributed by atoms with E-state index in [4.69, 9.17) is 27.2 Å². The predicted octanol–water partition coefficient (Wildman–Crippen LogP) is 4.07. The maximum Gasteiger partial charge on any atom is 0.304 e. The average Bonchev–Trinajstić information content (AvgIpc) is 2.64. The van der Waals surface area contributed by atoms with Crippen molar-refractivity contribution in [2.24, 2.45) is 5.73 Å². The van der Waals surface area contributed by atoms with Crippen LogP contribution in [0.3, 0.4) is 0 Å². The first kappa shape index (κ1) is 19.7. The highest BCUT2D eigenvalue weighted by Crippen LogP contribution is 2.27. The largest absolute Gasteiger partial charge is 0.481 e. The molecule has 0 saturated heterocycles. The van der Waals surface area contributed by atoms with Gasteiger partial charge in [0.15, 0.2) is 5.82 Å². The molecule has 0 aliphatic rings. The Morgan fingerprint density at radius 2 is 1.93 bits per heavy atom. The van der Waals surface area contributed by atoms with E-state index in [1.165, 1.54) is 6.20 Å². The molecule has 144 valence electrons. The zero-order valence-electron chi connectivity index (χ0n) is 14.7. The number of carboxylic acids is 1. The topological polar surface area (TPSA) is 98.3 Å². The normalized spacial score (nSPS) is 11.8. The summed E-state index contributed by atoms with van der Waals surface area (Å²) in [6, 6.07) is 11.4. The highest BCUT2D eigenvalue weighted by molar-refractivity contribution is 6.30. The average molecular weight is 402 g/mol. The molecule has 3 aromatic rings. The Labute approximate surface area is 165 Å². The monoisotopic (exact) mass is 401 g/mol. The van der Waals surface area contributed by atoms with Crippen molar-refractivity contribution in [3.05, 3.63) is 71.4 Å². The molecular formula is C20H17ClFN3O3. The van der Waals surface area contributed by atoms with E-state index >= 15 is 0 Å². The van der Waals surface area contributed by atoms with Gasteiger partial charge in [0.25, 0.3) is 5.88 Å². The third kappa shape index (κ3) is 5.25. The number of carboxylic acid groups (broad SMARTS) is 1. The SMILES string of the molecule is N[C@@H](CC(=O)O)Cc1cc(-c2ccc(Oc3ncc(Cl)cc3F)cc2)ccn1. The molecule has 28 heavy (non-hydrogen) atoms. The Hall–Kier alpha value is -3.03. The molecule has 3 N–H and O–H groups in total. The lowest BCUT2D eigenvalue weighted by molar-refractivity contribution is -0.137. The lowest BCUT2D eigenvalue weighted by atomic mass is 10.0. The maximum atomic E-state index is 13.8. The van der Waals surface area contributed by atoms with Crippen LogP contribution in [0.1, 0.15) is 12.1 Å². The molecule has 0 radical (unpaired) electrons. The lowest BCUT2D eigenvalue weighted by Gasteiger charge is -2.10. The Morgan fingerprint density at radius 1 is 1.18 bits per heavy atom. The molecule has 1 aromatic carbocycles. The second-order valence-electron chi connectivity index (χ2n) is 6.16. The highest BCUT2D eigenvalue weighted by Gasteiger charge is 2.11. The van der Waals surface area contributed by atoms with E-state index in [1.807, 2.05) is 24.3 Å². The van der Waals surface area contributed by atoms with Crippen molar-refractivity contribution in [3.63, 3.8) is 0 Å². The minimum absolute atomic E-state index is 0.118. The molecule has 1 atom stereocenters. The summed E-state index contributed by atoms with van der Waals surface area (Å²) >= 11 is 5.68. The molecule has 8 heteroatoms. The molecule has 0 unspecified atom stereocenters. The fourth-order valence-electron chi connectivity index (χ4n) is 2.64. The molecule has 0 fully saturated rings. The van der Waals surface area contributed by atoms with E-state index in [9.17, 15) is 9.18 Å². The van der Waals surface area contributed by atoms with E-state index in [1.54, 1.807) is 18.3 Å². The van der Waals surface area contributed by atoms with Gasteiger partial charge in [-0.25, -0.2) is 9.37 Å². The van der Waals surface area contributed by atoms with Crippen molar-refractivity contribution in [3.8, 4) is 22.8 Å². The molecule has 0 spiro atoms. The zero-order valence-corrected chi connectivity index (χ0v) is 15.4. The van der Waals surface area contributed by atoms with E-state index < -0.39 is 17.8 Å².